The third-order valence-electron chi connectivity index (χ3n) is 1.08. The predicted molar refractivity (Wildman–Crippen MR) is 39.4 cm³/mol. The molecule has 0 aromatic rings. The Morgan fingerprint density at radius 1 is 1.58 bits per heavy atom. The lowest BCUT2D eigenvalue weighted by molar-refractivity contribution is -0.166. The Morgan fingerprint density at radius 2 is 2.25 bits per heavy atom. The molecule has 0 aliphatic rings. The molecule has 1 unspecified atom stereocenters. The van der Waals surface area contributed by atoms with E-state index < -0.39 is 18.7 Å². The van der Waals surface area contributed by atoms with E-state index in [1.807, 2.05) is 0 Å². The minimum Gasteiger partial charge on any atom is -0.464 e. The van der Waals surface area contributed by atoms with Gasteiger partial charge in [-0.05, 0) is 6.92 Å². The van der Waals surface area contributed by atoms with Crippen LogP contribution >= 0.6 is 0 Å². The van der Waals surface area contributed by atoms with Crippen molar-refractivity contribution in [3.63, 3.8) is 0 Å². The summed E-state index contributed by atoms with van der Waals surface area (Å²) in [5.41, 5.74) is 0. The lowest BCUT2D eigenvalue weighted by atomic mass is 10.4. The summed E-state index contributed by atoms with van der Waals surface area (Å²) in [6.45, 7) is 0.838. The second kappa shape index (κ2) is 7.00. The summed E-state index contributed by atoms with van der Waals surface area (Å²) in [5, 5.41) is 0. The van der Waals surface area contributed by atoms with Crippen LogP contribution < -0.4 is 0 Å². The van der Waals surface area contributed by atoms with E-state index in [4.69, 9.17) is 0 Å². The van der Waals surface area contributed by atoms with Crippen LogP contribution in [-0.2, 0) is 19.0 Å². The standard InChI is InChI=1S/C7H13FO4/c1-3-11-7(9)6(4-8)12-5-10-2/h6H,3-5H2,1-2H3. The first kappa shape index (κ1) is 11.3. The number of methoxy groups -OCH3 is 1. The van der Waals surface area contributed by atoms with E-state index in [1.165, 1.54) is 7.11 Å². The van der Waals surface area contributed by atoms with Gasteiger partial charge in [-0.1, -0.05) is 0 Å². The molecule has 0 rings (SSSR count). The molecule has 0 aliphatic heterocycles. The van der Waals surface area contributed by atoms with Gasteiger partial charge in [-0.3, -0.25) is 0 Å². The fourth-order valence-electron chi connectivity index (χ4n) is 0.561. The number of esters is 1. The van der Waals surface area contributed by atoms with Crippen LogP contribution in [0.3, 0.4) is 0 Å². The maximum Gasteiger partial charge on any atom is 0.338 e. The van der Waals surface area contributed by atoms with Crippen LogP contribution in [0.25, 0.3) is 0 Å². The Morgan fingerprint density at radius 3 is 2.67 bits per heavy atom. The third kappa shape index (κ3) is 4.25. The second-order valence-corrected chi connectivity index (χ2v) is 1.97. The summed E-state index contributed by atoms with van der Waals surface area (Å²) in [7, 11) is 1.39. The van der Waals surface area contributed by atoms with Crippen molar-refractivity contribution in [3.05, 3.63) is 0 Å². The predicted octanol–water partition coefficient (Wildman–Crippen LogP) is 0.508. The van der Waals surface area contributed by atoms with Crippen LogP contribution in [0.4, 0.5) is 4.39 Å². The van der Waals surface area contributed by atoms with Crippen molar-refractivity contribution in [2.24, 2.45) is 0 Å². The summed E-state index contributed by atoms with van der Waals surface area (Å²) >= 11 is 0. The van der Waals surface area contributed by atoms with Gasteiger partial charge >= 0.3 is 5.97 Å². The van der Waals surface area contributed by atoms with Gasteiger partial charge in [-0.2, -0.15) is 0 Å². The van der Waals surface area contributed by atoms with Crippen molar-refractivity contribution in [1.82, 2.24) is 0 Å². The molecular formula is C7H13FO4. The number of hydrogen-bond donors (Lipinski definition) is 0. The number of carbonyl (C=O) groups is 1. The SMILES string of the molecule is CCOC(=O)C(CF)OCOC. The molecular weight excluding hydrogens is 167 g/mol. The van der Waals surface area contributed by atoms with Gasteiger partial charge in [-0.15, -0.1) is 0 Å². The summed E-state index contributed by atoms with van der Waals surface area (Å²) in [5.74, 6) is -0.697. The van der Waals surface area contributed by atoms with Crippen molar-refractivity contribution in [1.29, 1.82) is 0 Å². The molecule has 72 valence electrons. The molecule has 0 N–H and O–H groups in total. The Labute approximate surface area is 70.6 Å². The van der Waals surface area contributed by atoms with Crippen LogP contribution in [-0.4, -0.2) is 39.3 Å². The molecule has 0 aromatic heterocycles. The molecule has 0 saturated carbocycles. The van der Waals surface area contributed by atoms with Gasteiger partial charge in [0.15, 0.2) is 6.10 Å². The molecule has 0 aromatic carbocycles. The maximum atomic E-state index is 12.1. The highest BCUT2D eigenvalue weighted by molar-refractivity contribution is 5.74. The summed E-state index contributed by atoms with van der Waals surface area (Å²) < 4.78 is 25.8. The molecule has 5 heteroatoms. The van der Waals surface area contributed by atoms with Crippen LogP contribution in [0, 0.1) is 0 Å². The molecule has 0 bridgehead atoms. The first-order valence-corrected chi connectivity index (χ1v) is 3.59. The van der Waals surface area contributed by atoms with E-state index in [0.29, 0.717) is 0 Å². The molecule has 0 saturated heterocycles. The first-order valence-electron chi connectivity index (χ1n) is 3.59. The molecule has 0 fully saturated rings. The van der Waals surface area contributed by atoms with E-state index in [0.717, 1.165) is 0 Å². The van der Waals surface area contributed by atoms with E-state index in [2.05, 4.69) is 14.2 Å². The van der Waals surface area contributed by atoms with E-state index in [-0.39, 0.29) is 13.4 Å². The molecule has 0 heterocycles. The van der Waals surface area contributed by atoms with Gasteiger partial charge in [0.1, 0.15) is 13.5 Å². The smallest absolute Gasteiger partial charge is 0.338 e. The van der Waals surface area contributed by atoms with Crippen molar-refractivity contribution >= 4 is 5.97 Å². The molecule has 4 nitrogen and oxygen atoms in total. The zero-order valence-electron chi connectivity index (χ0n) is 7.21. The van der Waals surface area contributed by atoms with Gasteiger partial charge in [0.05, 0.1) is 6.61 Å². The fraction of sp³-hybridized carbons (Fsp3) is 0.857. The normalized spacial score (nSPS) is 12.6. The third-order valence-corrected chi connectivity index (χ3v) is 1.08. The Hall–Kier alpha value is -0.680. The lowest BCUT2D eigenvalue weighted by Gasteiger charge is -2.11. The lowest BCUT2D eigenvalue weighted by Crippen LogP contribution is -2.29. The highest BCUT2D eigenvalue weighted by atomic mass is 19.1. The highest BCUT2D eigenvalue weighted by Gasteiger charge is 2.19. The molecule has 0 amide bonds. The number of carbonyl (C=O) groups excluding carboxylic acids is 1. The van der Waals surface area contributed by atoms with Gasteiger partial charge in [0.2, 0.25) is 0 Å². The van der Waals surface area contributed by atoms with Crippen LogP contribution in [0.5, 0.6) is 0 Å². The van der Waals surface area contributed by atoms with Crippen molar-refractivity contribution in [2.45, 2.75) is 13.0 Å². The maximum absolute atomic E-state index is 12.1. The van der Waals surface area contributed by atoms with Crippen LogP contribution in [0.2, 0.25) is 0 Å². The van der Waals surface area contributed by atoms with Crippen LogP contribution in [0.15, 0.2) is 0 Å². The first-order chi connectivity index (χ1) is 5.76. The monoisotopic (exact) mass is 180 g/mol. The average Bonchev–Trinajstić information content (AvgIpc) is 2.06. The highest BCUT2D eigenvalue weighted by Crippen LogP contribution is 1.97. The van der Waals surface area contributed by atoms with Crippen LogP contribution in [0.1, 0.15) is 6.92 Å². The van der Waals surface area contributed by atoms with Gasteiger partial charge < -0.3 is 14.2 Å². The van der Waals surface area contributed by atoms with E-state index in [9.17, 15) is 9.18 Å². The number of hydrogen-bond acceptors (Lipinski definition) is 4. The quantitative estimate of drug-likeness (QED) is 0.441. The molecule has 0 spiro atoms. The minimum absolute atomic E-state index is 0.118. The zero-order chi connectivity index (χ0) is 9.40. The van der Waals surface area contributed by atoms with Gasteiger partial charge in [-0.25, -0.2) is 9.18 Å². The van der Waals surface area contributed by atoms with Crippen molar-refractivity contribution in [2.75, 3.05) is 27.2 Å². The van der Waals surface area contributed by atoms with Gasteiger partial charge in [0, 0.05) is 7.11 Å². The Balaban J connectivity index is 3.71. The number of ether oxygens (including phenoxy) is 3. The topological polar surface area (TPSA) is 44.8 Å². The second-order valence-electron chi connectivity index (χ2n) is 1.97. The summed E-state index contributed by atoms with van der Waals surface area (Å²) in [6.07, 6.45) is -1.16. The molecule has 12 heavy (non-hydrogen) atoms. The van der Waals surface area contributed by atoms with E-state index in [1.54, 1.807) is 6.92 Å². The fourth-order valence-corrected chi connectivity index (χ4v) is 0.561. The average molecular weight is 180 g/mol. The van der Waals surface area contributed by atoms with Crippen molar-refractivity contribution < 1.29 is 23.4 Å². The molecule has 0 aliphatic carbocycles. The summed E-state index contributed by atoms with van der Waals surface area (Å²) in [6, 6.07) is 0. The Kier molecular flexibility index (Phi) is 6.60. The molecule has 0 radical (unpaired) electrons. The van der Waals surface area contributed by atoms with Gasteiger partial charge in [0.25, 0.3) is 0 Å². The number of halogens is 1. The zero-order valence-corrected chi connectivity index (χ0v) is 7.21. The summed E-state index contributed by atoms with van der Waals surface area (Å²) in [4.78, 5) is 10.8. The number of alkyl halides is 1. The number of rotatable bonds is 6. The molecule has 1 atom stereocenters. The Bertz CT molecular complexity index is 129. The largest absolute Gasteiger partial charge is 0.464 e. The van der Waals surface area contributed by atoms with E-state index >= 15 is 0 Å². The minimum atomic E-state index is -1.16. The van der Waals surface area contributed by atoms with Crippen molar-refractivity contribution in [3.8, 4) is 0 Å².